The van der Waals surface area contributed by atoms with Crippen molar-refractivity contribution in [2.24, 2.45) is 5.73 Å². The molecular weight excluding hydrogens is 106 g/mol. The fourth-order valence-electron chi connectivity index (χ4n) is 0.232. The van der Waals surface area contributed by atoms with E-state index in [9.17, 15) is 4.79 Å². The van der Waals surface area contributed by atoms with Crippen LogP contribution in [0.3, 0.4) is 0 Å². The van der Waals surface area contributed by atoms with Crippen LogP contribution in [0.15, 0.2) is 12.2 Å². The van der Waals surface area contributed by atoms with Gasteiger partial charge in [-0.1, -0.05) is 6.08 Å². The summed E-state index contributed by atoms with van der Waals surface area (Å²) >= 11 is 0. The zero-order valence-corrected chi connectivity index (χ0v) is 4.76. The minimum absolute atomic E-state index is 0.365. The highest BCUT2D eigenvalue weighted by atomic mass is 16.5. The summed E-state index contributed by atoms with van der Waals surface area (Å²) in [5.74, 6) is -0.365. The van der Waals surface area contributed by atoms with Crippen LogP contribution >= 0.6 is 0 Å². The number of carbonyl (C=O) groups is 1. The van der Waals surface area contributed by atoms with Crippen molar-refractivity contribution in [3.8, 4) is 0 Å². The number of ether oxygens (including phenoxy) is 1. The van der Waals surface area contributed by atoms with Gasteiger partial charge in [0.2, 0.25) is 0 Å². The Labute approximate surface area is 48.1 Å². The smallest absolute Gasteiger partial charge is 0.330 e. The lowest BCUT2D eigenvalue weighted by Gasteiger charge is -1.86. The number of nitrogens with two attached hydrogens (primary N) is 1. The highest BCUT2D eigenvalue weighted by Crippen LogP contribution is 1.73. The van der Waals surface area contributed by atoms with Gasteiger partial charge in [0.25, 0.3) is 0 Å². The Morgan fingerprint density at radius 2 is 2.50 bits per heavy atom. The van der Waals surface area contributed by atoms with Gasteiger partial charge < -0.3 is 10.5 Å². The second-order valence-corrected chi connectivity index (χ2v) is 1.16. The molecule has 3 heteroatoms. The highest BCUT2D eigenvalue weighted by Gasteiger charge is 1.85. The summed E-state index contributed by atoms with van der Waals surface area (Å²) in [5, 5.41) is 0. The van der Waals surface area contributed by atoms with Crippen molar-refractivity contribution in [1.29, 1.82) is 0 Å². The van der Waals surface area contributed by atoms with Gasteiger partial charge in [0.15, 0.2) is 0 Å². The Balaban J connectivity index is 3.37. The van der Waals surface area contributed by atoms with Gasteiger partial charge in [-0.25, -0.2) is 4.79 Å². The van der Waals surface area contributed by atoms with Crippen molar-refractivity contribution >= 4 is 5.97 Å². The second kappa shape index (κ2) is 4.33. The van der Waals surface area contributed by atoms with Crippen LogP contribution in [0.5, 0.6) is 0 Å². The van der Waals surface area contributed by atoms with Crippen LogP contribution in [0, 0.1) is 0 Å². The van der Waals surface area contributed by atoms with E-state index in [1.54, 1.807) is 0 Å². The van der Waals surface area contributed by atoms with Crippen LogP contribution < -0.4 is 5.73 Å². The van der Waals surface area contributed by atoms with E-state index in [1.807, 2.05) is 0 Å². The molecular formula is C5H9NO2. The Kier molecular flexibility index (Phi) is 3.88. The van der Waals surface area contributed by atoms with Crippen LogP contribution in [-0.4, -0.2) is 19.6 Å². The van der Waals surface area contributed by atoms with Crippen molar-refractivity contribution in [2.75, 3.05) is 13.7 Å². The third kappa shape index (κ3) is 3.36. The molecule has 0 aromatic heterocycles. The first-order valence-electron chi connectivity index (χ1n) is 2.26. The first kappa shape index (κ1) is 7.17. The van der Waals surface area contributed by atoms with Crippen LogP contribution in [0.4, 0.5) is 0 Å². The number of methoxy groups -OCH3 is 1. The number of esters is 1. The molecule has 0 rings (SSSR count). The molecule has 0 fully saturated rings. The summed E-state index contributed by atoms with van der Waals surface area (Å²) in [6, 6.07) is 0. The fourth-order valence-corrected chi connectivity index (χ4v) is 0.232. The van der Waals surface area contributed by atoms with E-state index in [0.29, 0.717) is 6.54 Å². The Morgan fingerprint density at radius 1 is 1.88 bits per heavy atom. The van der Waals surface area contributed by atoms with Crippen molar-refractivity contribution < 1.29 is 9.53 Å². The lowest BCUT2D eigenvalue weighted by atomic mass is 10.5. The molecule has 2 N–H and O–H groups in total. The van der Waals surface area contributed by atoms with Gasteiger partial charge in [0, 0.05) is 12.6 Å². The highest BCUT2D eigenvalue weighted by molar-refractivity contribution is 5.81. The Bertz CT molecular complexity index is 98.6. The molecule has 0 saturated heterocycles. The molecule has 0 bridgehead atoms. The van der Waals surface area contributed by atoms with E-state index >= 15 is 0 Å². The van der Waals surface area contributed by atoms with E-state index < -0.39 is 0 Å². The standard InChI is InChI=1S/C5H9NO2/c1-8-5(7)3-2-4-6/h2-3H,4,6H2,1H3. The summed E-state index contributed by atoms with van der Waals surface area (Å²) in [4.78, 5) is 10.2. The molecule has 8 heavy (non-hydrogen) atoms. The lowest BCUT2D eigenvalue weighted by Crippen LogP contribution is -1.98. The second-order valence-electron chi connectivity index (χ2n) is 1.16. The number of hydrogen-bond acceptors (Lipinski definition) is 3. The minimum Gasteiger partial charge on any atom is -0.466 e. The summed E-state index contributed by atoms with van der Waals surface area (Å²) < 4.78 is 4.27. The molecule has 0 aliphatic heterocycles. The quantitative estimate of drug-likeness (QED) is 0.396. The third-order valence-electron chi connectivity index (χ3n) is 0.591. The van der Waals surface area contributed by atoms with Gasteiger partial charge in [-0.05, 0) is 0 Å². The molecule has 46 valence electrons. The van der Waals surface area contributed by atoms with Gasteiger partial charge in [-0.3, -0.25) is 0 Å². The Hall–Kier alpha value is -0.830. The molecule has 0 saturated carbocycles. The predicted octanol–water partition coefficient (Wildman–Crippen LogP) is -0.326. The normalized spacial score (nSPS) is 9.75. The van der Waals surface area contributed by atoms with Gasteiger partial charge in [-0.2, -0.15) is 0 Å². The monoisotopic (exact) mass is 115 g/mol. The van der Waals surface area contributed by atoms with E-state index in [1.165, 1.54) is 19.3 Å². The molecule has 0 atom stereocenters. The summed E-state index contributed by atoms with van der Waals surface area (Å²) in [6.07, 6.45) is 2.83. The van der Waals surface area contributed by atoms with Crippen molar-refractivity contribution in [2.45, 2.75) is 0 Å². The number of carbonyl (C=O) groups excluding carboxylic acids is 1. The average Bonchev–Trinajstić information content (AvgIpc) is 1.83. The molecule has 0 unspecified atom stereocenters. The van der Waals surface area contributed by atoms with E-state index in [4.69, 9.17) is 5.73 Å². The predicted molar refractivity (Wildman–Crippen MR) is 30.2 cm³/mol. The minimum atomic E-state index is -0.365. The SMILES string of the molecule is COC(=O)C=CCN. The zero-order chi connectivity index (χ0) is 6.41. The van der Waals surface area contributed by atoms with Crippen molar-refractivity contribution in [3.63, 3.8) is 0 Å². The average molecular weight is 115 g/mol. The topological polar surface area (TPSA) is 52.3 Å². The molecule has 0 radical (unpaired) electrons. The first-order chi connectivity index (χ1) is 3.81. The molecule has 0 aliphatic rings. The lowest BCUT2D eigenvalue weighted by molar-refractivity contribution is -0.134. The van der Waals surface area contributed by atoms with Gasteiger partial charge in [0.1, 0.15) is 0 Å². The van der Waals surface area contributed by atoms with Crippen molar-refractivity contribution in [1.82, 2.24) is 0 Å². The number of rotatable bonds is 2. The van der Waals surface area contributed by atoms with E-state index in [2.05, 4.69) is 4.74 Å². The number of hydrogen-bond donors (Lipinski definition) is 1. The summed E-state index contributed by atoms with van der Waals surface area (Å²) in [5.41, 5.74) is 5.04. The van der Waals surface area contributed by atoms with E-state index in [-0.39, 0.29) is 5.97 Å². The van der Waals surface area contributed by atoms with Crippen LogP contribution in [0.1, 0.15) is 0 Å². The molecule has 0 aromatic rings. The van der Waals surface area contributed by atoms with Crippen molar-refractivity contribution in [3.05, 3.63) is 12.2 Å². The Morgan fingerprint density at radius 3 is 2.88 bits per heavy atom. The molecule has 0 heterocycles. The van der Waals surface area contributed by atoms with Gasteiger partial charge in [-0.15, -0.1) is 0 Å². The maximum Gasteiger partial charge on any atom is 0.330 e. The molecule has 0 aliphatic carbocycles. The molecule has 0 spiro atoms. The van der Waals surface area contributed by atoms with Gasteiger partial charge >= 0.3 is 5.97 Å². The molecule has 0 amide bonds. The fraction of sp³-hybridized carbons (Fsp3) is 0.400. The van der Waals surface area contributed by atoms with Crippen LogP contribution in [0.25, 0.3) is 0 Å². The third-order valence-corrected chi connectivity index (χ3v) is 0.591. The van der Waals surface area contributed by atoms with E-state index in [0.717, 1.165) is 0 Å². The molecule has 0 aromatic carbocycles. The van der Waals surface area contributed by atoms with Crippen LogP contribution in [-0.2, 0) is 9.53 Å². The largest absolute Gasteiger partial charge is 0.466 e. The zero-order valence-electron chi connectivity index (χ0n) is 4.76. The first-order valence-corrected chi connectivity index (χ1v) is 2.26. The molecule has 3 nitrogen and oxygen atoms in total. The maximum atomic E-state index is 10.2. The summed E-state index contributed by atoms with van der Waals surface area (Å²) in [6.45, 7) is 0.370. The maximum absolute atomic E-state index is 10.2. The van der Waals surface area contributed by atoms with Gasteiger partial charge in [0.05, 0.1) is 7.11 Å². The van der Waals surface area contributed by atoms with Crippen LogP contribution in [0.2, 0.25) is 0 Å². The summed E-state index contributed by atoms with van der Waals surface area (Å²) in [7, 11) is 1.32.